The first kappa shape index (κ1) is 8.74. The molecule has 5 heteroatoms. The highest BCUT2D eigenvalue weighted by Crippen LogP contribution is 1.79. The van der Waals surface area contributed by atoms with E-state index in [1.165, 1.54) is 0 Å². The lowest BCUT2D eigenvalue weighted by molar-refractivity contribution is 0.207. The highest BCUT2D eigenvalue weighted by atomic mass is 16.6. The minimum atomic E-state index is -0.933. The Morgan fingerprint density at radius 3 is 2.60 bits per heavy atom. The van der Waals surface area contributed by atoms with Gasteiger partial charge in [-0.2, -0.15) is 0 Å². The number of ether oxygens (including phenoxy) is 1. The van der Waals surface area contributed by atoms with Gasteiger partial charge in [-0.15, -0.1) is 0 Å². The van der Waals surface area contributed by atoms with Crippen LogP contribution in [0, 0.1) is 0 Å². The predicted molar refractivity (Wildman–Crippen MR) is 37.4 cm³/mol. The van der Waals surface area contributed by atoms with E-state index >= 15 is 0 Å². The molecule has 1 amide bonds. The molecule has 0 fully saturated rings. The van der Waals surface area contributed by atoms with Crippen molar-refractivity contribution in [3.8, 4) is 0 Å². The van der Waals surface area contributed by atoms with Crippen molar-refractivity contribution in [3.05, 3.63) is 0 Å². The van der Waals surface area contributed by atoms with E-state index in [9.17, 15) is 4.79 Å². The molecule has 58 valence electrons. The Kier molecular flexibility index (Phi) is 4.02. The maximum atomic E-state index is 10.0. The summed E-state index contributed by atoms with van der Waals surface area (Å²) in [5, 5.41) is 0. The van der Waals surface area contributed by atoms with E-state index in [-0.39, 0.29) is 6.02 Å². The first-order valence-corrected chi connectivity index (χ1v) is 2.94. The summed E-state index contributed by atoms with van der Waals surface area (Å²) >= 11 is 0. The minimum absolute atomic E-state index is 0.172. The van der Waals surface area contributed by atoms with Crippen LogP contribution in [-0.2, 0) is 4.74 Å². The molecule has 0 aliphatic rings. The normalized spacial score (nSPS) is 11.1. The standard InChI is InChI=1S/C5H11N3O2/c1-2-3-8-4(6)10-5(7)9/h2-3H2,1H3,(H2,6,8)(H2,7,9). The highest BCUT2D eigenvalue weighted by Gasteiger charge is 1.95. The molecular formula is C5H11N3O2. The molecule has 0 saturated heterocycles. The third-order valence-electron chi connectivity index (χ3n) is 0.696. The lowest BCUT2D eigenvalue weighted by atomic mass is 10.5. The summed E-state index contributed by atoms with van der Waals surface area (Å²) in [6, 6.07) is -0.172. The van der Waals surface area contributed by atoms with Crippen LogP contribution in [0.1, 0.15) is 13.3 Å². The molecule has 0 aliphatic heterocycles. The van der Waals surface area contributed by atoms with Gasteiger partial charge in [-0.3, -0.25) is 0 Å². The van der Waals surface area contributed by atoms with E-state index in [0.29, 0.717) is 6.54 Å². The molecular weight excluding hydrogens is 134 g/mol. The quantitative estimate of drug-likeness (QED) is 0.416. The molecule has 0 atom stereocenters. The lowest BCUT2D eigenvalue weighted by Crippen LogP contribution is -2.25. The van der Waals surface area contributed by atoms with Crippen LogP contribution < -0.4 is 11.5 Å². The van der Waals surface area contributed by atoms with Crippen LogP contribution in [0.3, 0.4) is 0 Å². The van der Waals surface area contributed by atoms with Gasteiger partial charge in [0.1, 0.15) is 0 Å². The fourth-order valence-corrected chi connectivity index (χ4v) is 0.357. The van der Waals surface area contributed by atoms with Crippen molar-refractivity contribution in [2.75, 3.05) is 6.54 Å². The van der Waals surface area contributed by atoms with Gasteiger partial charge in [-0.25, -0.2) is 9.79 Å². The van der Waals surface area contributed by atoms with E-state index in [2.05, 4.69) is 15.5 Å². The number of amidine groups is 1. The summed E-state index contributed by atoms with van der Waals surface area (Å²) in [6.45, 7) is 2.47. The van der Waals surface area contributed by atoms with E-state index < -0.39 is 6.09 Å². The molecule has 0 aliphatic carbocycles. The maximum Gasteiger partial charge on any atom is 0.412 e. The van der Waals surface area contributed by atoms with Gasteiger partial charge in [-0.1, -0.05) is 6.92 Å². The van der Waals surface area contributed by atoms with Crippen molar-refractivity contribution < 1.29 is 9.53 Å². The first-order valence-electron chi connectivity index (χ1n) is 2.94. The molecule has 0 heterocycles. The summed E-state index contributed by atoms with van der Waals surface area (Å²) < 4.78 is 4.22. The maximum absolute atomic E-state index is 10.0. The van der Waals surface area contributed by atoms with Gasteiger partial charge in [0.2, 0.25) is 0 Å². The van der Waals surface area contributed by atoms with Crippen LogP contribution in [0.5, 0.6) is 0 Å². The number of hydrogen-bond acceptors (Lipinski definition) is 3. The average Bonchev–Trinajstić information content (AvgIpc) is 1.82. The molecule has 10 heavy (non-hydrogen) atoms. The van der Waals surface area contributed by atoms with E-state index in [0.717, 1.165) is 6.42 Å². The fourth-order valence-electron chi connectivity index (χ4n) is 0.357. The lowest BCUT2D eigenvalue weighted by Gasteiger charge is -1.96. The zero-order valence-electron chi connectivity index (χ0n) is 5.83. The number of carbonyl (C=O) groups is 1. The Labute approximate surface area is 59.0 Å². The monoisotopic (exact) mass is 145 g/mol. The van der Waals surface area contributed by atoms with Crippen molar-refractivity contribution in [3.63, 3.8) is 0 Å². The second-order valence-corrected chi connectivity index (χ2v) is 1.64. The smallest absolute Gasteiger partial charge is 0.376 e. The Hall–Kier alpha value is -1.26. The summed E-state index contributed by atoms with van der Waals surface area (Å²) in [4.78, 5) is 13.7. The average molecular weight is 145 g/mol. The second-order valence-electron chi connectivity index (χ2n) is 1.64. The van der Waals surface area contributed by atoms with Crippen molar-refractivity contribution >= 4 is 12.1 Å². The van der Waals surface area contributed by atoms with Crippen LogP contribution >= 0.6 is 0 Å². The summed E-state index contributed by atoms with van der Waals surface area (Å²) in [6.07, 6.45) is -0.0830. The van der Waals surface area contributed by atoms with Gasteiger partial charge < -0.3 is 16.2 Å². The molecule has 0 spiro atoms. The topological polar surface area (TPSA) is 90.7 Å². The molecule has 0 rings (SSSR count). The number of aliphatic imine (C=N–C) groups is 1. The molecule has 4 N–H and O–H groups in total. The zero-order valence-corrected chi connectivity index (χ0v) is 5.83. The van der Waals surface area contributed by atoms with Gasteiger partial charge in [0.15, 0.2) is 0 Å². The van der Waals surface area contributed by atoms with Gasteiger partial charge in [0, 0.05) is 6.54 Å². The molecule has 0 radical (unpaired) electrons. The number of rotatable bonds is 2. The summed E-state index contributed by atoms with van der Waals surface area (Å²) in [5.74, 6) is 0. The predicted octanol–water partition coefficient (Wildman–Crippen LogP) is -0.194. The Morgan fingerprint density at radius 2 is 2.20 bits per heavy atom. The molecule has 0 aromatic carbocycles. The molecule has 0 aromatic rings. The highest BCUT2D eigenvalue weighted by molar-refractivity contribution is 5.84. The molecule has 0 unspecified atom stereocenters. The minimum Gasteiger partial charge on any atom is -0.376 e. The fraction of sp³-hybridized carbons (Fsp3) is 0.600. The van der Waals surface area contributed by atoms with Crippen LogP contribution in [-0.4, -0.2) is 18.7 Å². The van der Waals surface area contributed by atoms with Crippen molar-refractivity contribution in [1.29, 1.82) is 0 Å². The number of carbonyl (C=O) groups excluding carboxylic acids is 1. The number of nitrogens with two attached hydrogens (primary N) is 2. The van der Waals surface area contributed by atoms with Crippen LogP contribution in [0.2, 0.25) is 0 Å². The van der Waals surface area contributed by atoms with E-state index in [1.54, 1.807) is 0 Å². The van der Waals surface area contributed by atoms with Crippen LogP contribution in [0.4, 0.5) is 4.79 Å². The molecule has 0 bridgehead atoms. The van der Waals surface area contributed by atoms with Crippen LogP contribution in [0.15, 0.2) is 4.99 Å². The largest absolute Gasteiger partial charge is 0.412 e. The van der Waals surface area contributed by atoms with E-state index in [1.807, 2.05) is 6.92 Å². The van der Waals surface area contributed by atoms with Crippen molar-refractivity contribution in [1.82, 2.24) is 0 Å². The third kappa shape index (κ3) is 4.89. The molecule has 0 aromatic heterocycles. The number of hydrogen-bond donors (Lipinski definition) is 2. The first-order chi connectivity index (χ1) is 4.66. The molecule has 5 nitrogen and oxygen atoms in total. The van der Waals surface area contributed by atoms with Gasteiger partial charge in [-0.05, 0) is 6.42 Å². The van der Waals surface area contributed by atoms with Crippen molar-refractivity contribution in [2.45, 2.75) is 13.3 Å². The Morgan fingerprint density at radius 1 is 1.60 bits per heavy atom. The summed E-state index contributed by atoms with van der Waals surface area (Å²) in [5.41, 5.74) is 9.73. The number of primary amides is 1. The Balaban J connectivity index is 3.59. The SMILES string of the molecule is CCCN=C(N)OC(N)=O. The van der Waals surface area contributed by atoms with E-state index in [4.69, 9.17) is 5.73 Å². The number of nitrogens with zero attached hydrogens (tertiary/aromatic N) is 1. The van der Waals surface area contributed by atoms with Gasteiger partial charge >= 0.3 is 6.09 Å². The van der Waals surface area contributed by atoms with Gasteiger partial charge in [0.05, 0.1) is 0 Å². The van der Waals surface area contributed by atoms with Gasteiger partial charge in [0.25, 0.3) is 6.02 Å². The second kappa shape index (κ2) is 4.60. The third-order valence-corrected chi connectivity index (χ3v) is 0.696. The summed E-state index contributed by atoms with van der Waals surface area (Å²) in [7, 11) is 0. The van der Waals surface area contributed by atoms with Crippen LogP contribution in [0.25, 0.3) is 0 Å². The van der Waals surface area contributed by atoms with Crippen molar-refractivity contribution in [2.24, 2.45) is 16.5 Å². The molecule has 0 saturated carbocycles. The zero-order chi connectivity index (χ0) is 7.98. The Bertz CT molecular complexity index is 144. The number of amides is 1.